The van der Waals surface area contributed by atoms with Crippen molar-refractivity contribution in [3.8, 4) is 0 Å². The first-order valence-electron chi connectivity index (χ1n) is 5.09. The average molecular weight is 254 g/mol. The zero-order chi connectivity index (χ0) is 11.5. The van der Waals surface area contributed by atoms with Gasteiger partial charge in [0.2, 0.25) is 5.91 Å². The van der Waals surface area contributed by atoms with Gasteiger partial charge in [-0.25, -0.2) is 0 Å². The van der Waals surface area contributed by atoms with Crippen molar-refractivity contribution in [1.29, 1.82) is 0 Å². The van der Waals surface area contributed by atoms with Crippen LogP contribution in [0.5, 0.6) is 0 Å². The first-order chi connectivity index (χ1) is 7.70. The van der Waals surface area contributed by atoms with Gasteiger partial charge in [0.15, 0.2) is 0 Å². The second-order valence-electron chi connectivity index (χ2n) is 3.66. The Hall–Kier alpha value is -0.810. The summed E-state index contributed by atoms with van der Waals surface area (Å²) in [5.74, 6) is 1.40. The molecule has 0 aromatic heterocycles. The Balaban J connectivity index is 2.24. The lowest BCUT2D eigenvalue weighted by Crippen LogP contribution is -2.22. The second-order valence-corrected chi connectivity index (χ2v) is 5.13. The summed E-state index contributed by atoms with van der Waals surface area (Å²) in [6, 6.07) is 6.15. The molecule has 1 N–H and O–H groups in total. The minimum absolute atomic E-state index is 0.0755. The van der Waals surface area contributed by atoms with E-state index in [4.69, 9.17) is 0 Å². The Morgan fingerprint density at radius 2 is 2.38 bits per heavy atom. The lowest BCUT2D eigenvalue weighted by atomic mass is 10.2. The molecule has 3 nitrogen and oxygen atoms in total. The van der Waals surface area contributed by atoms with Crippen LogP contribution in [0.3, 0.4) is 0 Å². The minimum atomic E-state index is 0.0755. The van der Waals surface area contributed by atoms with Gasteiger partial charge in [-0.1, -0.05) is 0 Å². The normalized spacial score (nSPS) is 14.2. The van der Waals surface area contributed by atoms with Gasteiger partial charge in [-0.3, -0.25) is 4.79 Å². The van der Waals surface area contributed by atoms with Crippen molar-refractivity contribution in [2.45, 2.75) is 4.90 Å². The number of thioether (sulfide) groups is 1. The number of hydrogen-bond donors (Lipinski definition) is 2. The van der Waals surface area contributed by atoms with Crippen LogP contribution in [-0.2, 0) is 4.79 Å². The standard InChI is InChI=1S/C11H14N2OS2/c1-13(4-5-15)8-2-3-10-9(6-8)12-11(14)7-16-10/h2-3,6,15H,4-5,7H2,1H3,(H,12,14). The number of amides is 1. The Kier molecular flexibility index (Phi) is 3.66. The predicted molar refractivity (Wildman–Crippen MR) is 72.9 cm³/mol. The summed E-state index contributed by atoms with van der Waals surface area (Å²) in [5, 5.41) is 2.89. The van der Waals surface area contributed by atoms with Crippen LogP contribution < -0.4 is 10.2 Å². The van der Waals surface area contributed by atoms with E-state index in [-0.39, 0.29) is 5.91 Å². The van der Waals surface area contributed by atoms with E-state index in [9.17, 15) is 4.79 Å². The quantitative estimate of drug-likeness (QED) is 0.810. The van der Waals surface area contributed by atoms with Gasteiger partial charge < -0.3 is 10.2 Å². The first kappa shape index (κ1) is 11.7. The van der Waals surface area contributed by atoms with E-state index < -0.39 is 0 Å². The third-order valence-electron chi connectivity index (χ3n) is 2.47. The van der Waals surface area contributed by atoms with E-state index in [0.29, 0.717) is 5.75 Å². The number of rotatable bonds is 3. The molecule has 1 heterocycles. The van der Waals surface area contributed by atoms with Crippen LogP contribution in [0.4, 0.5) is 11.4 Å². The van der Waals surface area contributed by atoms with Crippen molar-refractivity contribution in [3.05, 3.63) is 18.2 Å². The molecular formula is C11H14N2OS2. The lowest BCUT2D eigenvalue weighted by Gasteiger charge is -2.22. The summed E-state index contributed by atoms with van der Waals surface area (Å²) in [4.78, 5) is 14.5. The van der Waals surface area contributed by atoms with Crippen LogP contribution in [0.2, 0.25) is 0 Å². The van der Waals surface area contributed by atoms with E-state index in [2.05, 4.69) is 35.0 Å². The average Bonchev–Trinajstić information content (AvgIpc) is 2.28. The highest BCUT2D eigenvalue weighted by Crippen LogP contribution is 2.34. The van der Waals surface area contributed by atoms with Crippen LogP contribution in [0.1, 0.15) is 0 Å². The zero-order valence-electron chi connectivity index (χ0n) is 9.06. The van der Waals surface area contributed by atoms with E-state index >= 15 is 0 Å². The van der Waals surface area contributed by atoms with Gasteiger partial charge >= 0.3 is 0 Å². The van der Waals surface area contributed by atoms with E-state index in [1.54, 1.807) is 11.8 Å². The Bertz CT molecular complexity index is 409. The maximum atomic E-state index is 11.3. The number of fused-ring (bicyclic) bond motifs is 1. The van der Waals surface area contributed by atoms with Gasteiger partial charge in [0.25, 0.3) is 0 Å². The van der Waals surface area contributed by atoms with Crippen LogP contribution in [0, 0.1) is 0 Å². The summed E-state index contributed by atoms with van der Waals surface area (Å²) in [5.41, 5.74) is 2.03. The summed E-state index contributed by atoms with van der Waals surface area (Å²) in [6.45, 7) is 0.892. The number of anilines is 2. The topological polar surface area (TPSA) is 32.3 Å². The van der Waals surface area contributed by atoms with Gasteiger partial charge in [-0.2, -0.15) is 12.6 Å². The zero-order valence-corrected chi connectivity index (χ0v) is 10.8. The van der Waals surface area contributed by atoms with Crippen molar-refractivity contribution in [2.75, 3.05) is 35.3 Å². The molecule has 1 aliphatic rings. The number of benzene rings is 1. The number of carbonyl (C=O) groups is 1. The van der Waals surface area contributed by atoms with Crippen molar-refractivity contribution in [3.63, 3.8) is 0 Å². The Morgan fingerprint density at radius 1 is 1.56 bits per heavy atom. The van der Waals surface area contributed by atoms with Gasteiger partial charge in [-0.05, 0) is 18.2 Å². The van der Waals surface area contributed by atoms with Gasteiger partial charge in [0.05, 0.1) is 11.4 Å². The number of hydrogen-bond acceptors (Lipinski definition) is 4. The van der Waals surface area contributed by atoms with Gasteiger partial charge in [-0.15, -0.1) is 11.8 Å². The van der Waals surface area contributed by atoms with E-state index in [1.165, 1.54) is 0 Å². The monoisotopic (exact) mass is 254 g/mol. The summed E-state index contributed by atoms with van der Waals surface area (Å²) >= 11 is 5.79. The number of nitrogens with zero attached hydrogens (tertiary/aromatic N) is 1. The second kappa shape index (κ2) is 5.01. The first-order valence-corrected chi connectivity index (χ1v) is 6.71. The molecule has 0 saturated carbocycles. The molecule has 0 atom stereocenters. The van der Waals surface area contributed by atoms with Crippen molar-refractivity contribution >= 4 is 41.7 Å². The molecule has 1 aromatic carbocycles. The van der Waals surface area contributed by atoms with E-state index in [0.717, 1.165) is 28.6 Å². The van der Waals surface area contributed by atoms with E-state index in [1.807, 2.05) is 13.1 Å². The Labute approximate surface area is 105 Å². The van der Waals surface area contributed by atoms with Crippen molar-refractivity contribution in [1.82, 2.24) is 0 Å². The van der Waals surface area contributed by atoms with Gasteiger partial charge in [0, 0.05) is 29.9 Å². The number of thiol groups is 1. The largest absolute Gasteiger partial charge is 0.374 e. The maximum Gasteiger partial charge on any atom is 0.234 e. The molecule has 16 heavy (non-hydrogen) atoms. The third-order valence-corrected chi connectivity index (χ3v) is 3.75. The molecule has 0 fully saturated rings. The molecule has 2 rings (SSSR count). The van der Waals surface area contributed by atoms with Crippen LogP contribution in [0.25, 0.3) is 0 Å². The molecule has 1 aliphatic heterocycles. The molecule has 0 saturated heterocycles. The van der Waals surface area contributed by atoms with Crippen LogP contribution >= 0.6 is 24.4 Å². The molecule has 0 aliphatic carbocycles. The van der Waals surface area contributed by atoms with Crippen LogP contribution in [0.15, 0.2) is 23.1 Å². The number of carbonyl (C=O) groups excluding carboxylic acids is 1. The van der Waals surface area contributed by atoms with Crippen LogP contribution in [-0.4, -0.2) is 31.0 Å². The summed E-state index contributed by atoms with van der Waals surface area (Å²) in [6.07, 6.45) is 0. The predicted octanol–water partition coefficient (Wildman–Crippen LogP) is 2.10. The molecule has 1 amide bonds. The summed E-state index contributed by atoms with van der Waals surface area (Å²) < 4.78 is 0. The molecule has 86 valence electrons. The molecule has 0 bridgehead atoms. The fourth-order valence-electron chi connectivity index (χ4n) is 1.59. The molecule has 0 spiro atoms. The highest BCUT2D eigenvalue weighted by atomic mass is 32.2. The smallest absolute Gasteiger partial charge is 0.234 e. The van der Waals surface area contributed by atoms with Crippen molar-refractivity contribution in [2.24, 2.45) is 0 Å². The fourth-order valence-corrected chi connectivity index (χ4v) is 2.68. The molecule has 0 radical (unpaired) electrons. The molecular weight excluding hydrogens is 240 g/mol. The van der Waals surface area contributed by atoms with Crippen molar-refractivity contribution < 1.29 is 4.79 Å². The lowest BCUT2D eigenvalue weighted by molar-refractivity contribution is -0.113. The summed E-state index contributed by atoms with van der Waals surface area (Å²) in [7, 11) is 2.02. The Morgan fingerprint density at radius 3 is 3.12 bits per heavy atom. The highest BCUT2D eigenvalue weighted by Gasteiger charge is 2.15. The molecule has 1 aromatic rings. The molecule has 0 unspecified atom stereocenters. The maximum absolute atomic E-state index is 11.3. The number of nitrogens with one attached hydrogen (secondary N) is 1. The van der Waals surface area contributed by atoms with Gasteiger partial charge in [0.1, 0.15) is 0 Å². The minimum Gasteiger partial charge on any atom is -0.374 e. The highest BCUT2D eigenvalue weighted by molar-refractivity contribution is 8.00. The SMILES string of the molecule is CN(CCS)c1ccc2c(c1)NC(=O)CS2. The molecule has 5 heteroatoms. The third kappa shape index (κ3) is 2.47. The fraction of sp³-hybridized carbons (Fsp3) is 0.364.